The summed E-state index contributed by atoms with van der Waals surface area (Å²) in [6, 6.07) is 16.0. The standard InChI is InChI=1S/C30H34N4O8S.C29H32FN3O6S.C28H30FN3O7S/c1-17-22-23(35)25(30(2,3)28(36)37)32-34(27(22)43-24(17)26-31-12-15-41-26)16-21(19-8-6-7-9-20(19)39-4)42-18-10-13-33(14-11-18)29(38)40-5;1-16-22-23(34)25(29(2,3)28(35)36)32-33(27(22)40-24(16)26-31-12-13-38-26)15-21(39-18-8-6-5-7-9-18)19-14-17(30)10-11-20(19)37-4;1-15-21-22(33)24(28(2,3)27(34)35)31-32(26(21)40-23(15)25-30-9-12-38-25)14-20(39-17-7-10-37-11-8-17)18-13-16(29)5-6-19(18)36-4/h6-9,12,15,18,21H,10-11,13-14,16H2,1-5H3,(H,36,37);10-14,18,21H,5-9,15H2,1-4H3,(H,35,36);5-6,9,12-13,17,20H,7-8,10-11,14H2,1-4H3,(H,34,35)/t2*21-;20-/m001/s1. The van der Waals surface area contributed by atoms with Gasteiger partial charge in [0.25, 0.3) is 0 Å². The molecule has 11 heterocycles. The van der Waals surface area contributed by atoms with Crippen molar-refractivity contribution in [2.24, 2.45) is 0 Å². The monoisotopic (exact) mass is 1750 g/mol. The zero-order chi connectivity index (χ0) is 88.1. The summed E-state index contributed by atoms with van der Waals surface area (Å²) in [7, 11) is 5.96. The number of ether oxygens (including phenoxy) is 8. The number of methoxy groups -OCH3 is 4. The van der Waals surface area contributed by atoms with Crippen molar-refractivity contribution in [2.45, 2.75) is 193 Å². The number of aliphatic carboxylic acids is 3. The lowest BCUT2D eigenvalue weighted by Gasteiger charge is -2.33. The second-order valence-corrected chi connectivity index (χ2v) is 34.7. The van der Waals surface area contributed by atoms with E-state index in [1.807, 2.05) is 24.3 Å². The van der Waals surface area contributed by atoms with E-state index in [2.05, 4.69) is 30.2 Å². The molecule has 0 radical (unpaired) electrons. The molecule has 12 aromatic rings. The van der Waals surface area contributed by atoms with E-state index in [9.17, 15) is 57.7 Å². The summed E-state index contributed by atoms with van der Waals surface area (Å²) in [6.07, 6.45) is 13.6. The minimum absolute atomic E-state index is 0.0375. The number of nitrogens with zero attached hydrogens (tertiary/aromatic N) is 10. The molecule has 3 aromatic carbocycles. The summed E-state index contributed by atoms with van der Waals surface area (Å²) < 4.78 is 97.5. The lowest BCUT2D eigenvalue weighted by molar-refractivity contribution is -0.143. The Morgan fingerprint density at radius 1 is 0.480 bits per heavy atom. The summed E-state index contributed by atoms with van der Waals surface area (Å²) in [4.78, 5) is 108. The third-order valence-corrected chi connectivity index (χ3v) is 26.5. The number of aryl methyl sites for hydroxylation is 3. The molecule has 0 bridgehead atoms. The number of carbonyl (C=O) groups excluding carboxylic acids is 1. The van der Waals surface area contributed by atoms with Gasteiger partial charge < -0.3 is 71.4 Å². The maximum Gasteiger partial charge on any atom is 0.409 e. The van der Waals surface area contributed by atoms with Crippen LogP contribution in [0.3, 0.4) is 0 Å². The molecule has 1 saturated carbocycles. The van der Waals surface area contributed by atoms with Gasteiger partial charge in [-0.25, -0.2) is 28.5 Å². The molecule has 652 valence electrons. The van der Waals surface area contributed by atoms with E-state index in [0.29, 0.717) is 160 Å². The number of carboxylic acid groups (broad SMARTS) is 3. The maximum atomic E-state index is 14.5. The van der Waals surface area contributed by atoms with Gasteiger partial charge in [-0.05, 0) is 160 Å². The van der Waals surface area contributed by atoms with E-state index in [0.717, 1.165) is 37.7 Å². The highest BCUT2D eigenvalue weighted by molar-refractivity contribution is 7.22. The van der Waals surface area contributed by atoms with Crippen LogP contribution in [-0.4, -0.2) is 162 Å². The van der Waals surface area contributed by atoms with E-state index in [1.54, 1.807) is 52.9 Å². The summed E-state index contributed by atoms with van der Waals surface area (Å²) in [5.74, 6) is -1.86. The van der Waals surface area contributed by atoms with Crippen LogP contribution >= 0.6 is 34.0 Å². The van der Waals surface area contributed by atoms with Crippen molar-refractivity contribution in [3.05, 3.63) is 191 Å². The Labute approximate surface area is 716 Å². The number of piperidine rings is 1. The molecule has 0 unspecified atom stereocenters. The zero-order valence-corrected chi connectivity index (χ0v) is 72.6. The topological polar surface area (TPSA) is 389 Å². The number of halogens is 2. The molecule has 3 atom stereocenters. The van der Waals surface area contributed by atoms with Gasteiger partial charge in [-0.15, -0.1) is 34.0 Å². The first-order valence-electron chi connectivity index (χ1n) is 40.0. The molecule has 36 heteroatoms. The van der Waals surface area contributed by atoms with Crippen molar-refractivity contribution in [1.29, 1.82) is 0 Å². The second kappa shape index (κ2) is 37.7. The Morgan fingerprint density at radius 2 is 0.821 bits per heavy atom. The summed E-state index contributed by atoms with van der Waals surface area (Å²) >= 11 is 3.85. The number of aromatic nitrogens is 9. The molecule has 2 aliphatic heterocycles. The van der Waals surface area contributed by atoms with E-state index < -0.39 is 80.4 Å². The van der Waals surface area contributed by atoms with Crippen LogP contribution in [0.5, 0.6) is 17.2 Å². The van der Waals surface area contributed by atoms with Crippen molar-refractivity contribution in [2.75, 3.05) is 54.7 Å². The van der Waals surface area contributed by atoms with Crippen LogP contribution in [0.25, 0.3) is 63.0 Å². The highest BCUT2D eigenvalue weighted by atomic mass is 32.1. The molecule has 3 N–H and O–H groups in total. The van der Waals surface area contributed by atoms with Crippen LogP contribution in [0.4, 0.5) is 13.6 Å². The van der Waals surface area contributed by atoms with Gasteiger partial charge in [-0.3, -0.25) is 42.8 Å². The molecule has 123 heavy (non-hydrogen) atoms. The predicted molar refractivity (Wildman–Crippen MR) is 452 cm³/mol. The third kappa shape index (κ3) is 18.6. The highest BCUT2D eigenvalue weighted by Gasteiger charge is 2.42. The molecule has 0 spiro atoms. The third-order valence-electron chi connectivity index (χ3n) is 22.6. The highest BCUT2D eigenvalue weighted by Crippen LogP contribution is 2.44. The molecule has 3 fully saturated rings. The fraction of sp³-hybridized carbons (Fsp3) is 0.437. The average Bonchev–Trinajstić information content (AvgIpc) is 1.65. The number of amides is 1. The molecule has 31 nitrogen and oxygen atoms in total. The zero-order valence-electron chi connectivity index (χ0n) is 70.2. The van der Waals surface area contributed by atoms with Gasteiger partial charge in [0, 0.05) is 43.0 Å². The number of hydrogen-bond donors (Lipinski definition) is 3. The number of fused-ring (bicyclic) bond motifs is 3. The number of rotatable bonds is 27. The van der Waals surface area contributed by atoms with Crippen molar-refractivity contribution in [1.82, 2.24) is 49.2 Å². The van der Waals surface area contributed by atoms with E-state index in [4.69, 9.17) is 51.1 Å². The molecule has 2 saturated heterocycles. The molecule has 15 rings (SSSR count). The van der Waals surface area contributed by atoms with Crippen molar-refractivity contribution >= 4 is 88.7 Å². The largest absolute Gasteiger partial charge is 0.496 e. The normalized spacial score (nSPS) is 15.3. The van der Waals surface area contributed by atoms with Crippen LogP contribution in [0.2, 0.25) is 0 Å². The van der Waals surface area contributed by atoms with Gasteiger partial charge in [0.2, 0.25) is 34.0 Å². The average molecular weight is 1750 g/mol. The number of carbonyl (C=O) groups is 4. The van der Waals surface area contributed by atoms with Crippen LogP contribution in [0.15, 0.2) is 126 Å². The number of carboxylic acids is 3. The van der Waals surface area contributed by atoms with Crippen molar-refractivity contribution in [3.8, 4) is 49.6 Å². The molecule has 9 aromatic heterocycles. The first-order valence-corrected chi connectivity index (χ1v) is 42.4. The smallest absolute Gasteiger partial charge is 0.409 e. The lowest BCUT2D eigenvalue weighted by atomic mass is 9.88. The quantitative estimate of drug-likeness (QED) is 0.0430. The summed E-state index contributed by atoms with van der Waals surface area (Å²) in [6.45, 7) is 16.4. The first kappa shape index (κ1) is 89.3. The van der Waals surface area contributed by atoms with E-state index >= 15 is 0 Å². The van der Waals surface area contributed by atoms with Gasteiger partial charge >= 0.3 is 24.0 Å². The molecule has 3 aliphatic rings. The fourth-order valence-corrected chi connectivity index (χ4v) is 18.9. The van der Waals surface area contributed by atoms with Gasteiger partial charge in [0.15, 0.2) is 0 Å². The minimum Gasteiger partial charge on any atom is -0.496 e. The Balaban J connectivity index is 0.000000159. The SMILES string of the molecule is COC(=O)N1CCC(O[C@@H](Cn2nc(C(C)(C)C(=O)O)c(=O)c3c(C)c(-c4ncco4)sc32)c2ccccc2OC)CC1.COc1ccc(F)cc1[C@@H](Cn1nc(C(C)(C)C(=O)O)c(=O)c2c(C)c(-c3ncco3)sc21)OC1CCOCC1.COc1ccc(F)cc1[C@H](Cn1nc(C(C)(C)C(=O)O)c(=O)c2c(C)c(-c3ncco3)sc21)OC1CCCCC1. The predicted octanol–water partition coefficient (Wildman–Crippen LogP) is 15.7. The first-order chi connectivity index (χ1) is 58.8. The van der Waals surface area contributed by atoms with Crippen LogP contribution < -0.4 is 30.5 Å². The van der Waals surface area contributed by atoms with Gasteiger partial charge in [-0.1, -0.05) is 37.5 Å². The Kier molecular flexibility index (Phi) is 27.4. The van der Waals surface area contributed by atoms with Crippen molar-refractivity contribution < 1.29 is 94.4 Å². The number of thiophene rings is 3. The van der Waals surface area contributed by atoms with Crippen molar-refractivity contribution in [3.63, 3.8) is 0 Å². The Morgan fingerprint density at radius 3 is 1.16 bits per heavy atom. The van der Waals surface area contributed by atoms with E-state index in [-0.39, 0.29) is 61.1 Å². The second-order valence-electron chi connectivity index (χ2n) is 31.7. The number of oxazole rings is 3. The van der Waals surface area contributed by atoms with Crippen LogP contribution in [0, 0.1) is 32.4 Å². The lowest BCUT2D eigenvalue weighted by Crippen LogP contribution is -2.41. The van der Waals surface area contributed by atoms with Crippen LogP contribution in [-0.2, 0) is 73.9 Å². The summed E-state index contributed by atoms with van der Waals surface area (Å²) in [5.41, 5.74) is -2.78. The van der Waals surface area contributed by atoms with Crippen LogP contribution in [0.1, 0.15) is 168 Å². The molecular formula is C87H96F2N10O21S3. The van der Waals surface area contributed by atoms with E-state index in [1.165, 1.54) is 165 Å². The summed E-state index contributed by atoms with van der Waals surface area (Å²) in [5, 5.41) is 45.0. The number of hydrogen-bond acceptors (Lipinski definition) is 27. The number of para-hydroxylation sites is 1. The van der Waals surface area contributed by atoms with Gasteiger partial charge in [0.1, 0.15) is 114 Å². The number of benzene rings is 3. The molecular weight excluding hydrogens is 1660 g/mol. The Hall–Kier alpha value is -11.4. The minimum atomic E-state index is -1.59. The molecule has 1 aliphatic carbocycles. The number of likely N-dealkylation sites (tertiary alicyclic amines) is 1. The van der Waals surface area contributed by atoms with Gasteiger partial charge in [-0.2, -0.15) is 15.3 Å². The maximum absolute atomic E-state index is 14.5. The molecule has 1 amide bonds. The Bertz CT molecular complexity index is 5780. The van der Waals surface area contributed by atoms with Gasteiger partial charge in [0.05, 0.1) is 116 Å². The fourth-order valence-electron chi connectivity index (χ4n) is 15.3.